The third-order valence-corrected chi connectivity index (χ3v) is 3.18. The van der Waals surface area contributed by atoms with Crippen molar-refractivity contribution in [1.82, 2.24) is 9.88 Å². The van der Waals surface area contributed by atoms with Crippen molar-refractivity contribution in [3.05, 3.63) is 23.9 Å². The summed E-state index contributed by atoms with van der Waals surface area (Å²) in [6.45, 7) is 5.53. The summed E-state index contributed by atoms with van der Waals surface area (Å²) >= 11 is 0. The fourth-order valence-corrected chi connectivity index (χ4v) is 2.15. The average molecular weight is 234 g/mol. The van der Waals surface area contributed by atoms with E-state index in [0.717, 1.165) is 24.8 Å². The normalized spacial score (nSPS) is 15.2. The van der Waals surface area contributed by atoms with Gasteiger partial charge in [0.05, 0.1) is 0 Å². The summed E-state index contributed by atoms with van der Waals surface area (Å²) in [5, 5.41) is 0. The molecule has 1 aromatic heterocycles. The molecule has 0 aromatic carbocycles. The Kier molecular flexibility index (Phi) is 4.34. The number of rotatable bonds is 7. The van der Waals surface area contributed by atoms with Crippen LogP contribution in [0.5, 0.6) is 0 Å². The molecule has 1 heterocycles. The van der Waals surface area contributed by atoms with Crippen LogP contribution < -0.4 is 11.3 Å². The molecule has 0 radical (unpaired) electrons. The second-order valence-electron chi connectivity index (χ2n) is 4.83. The second-order valence-corrected chi connectivity index (χ2v) is 4.83. The van der Waals surface area contributed by atoms with E-state index in [9.17, 15) is 0 Å². The average Bonchev–Trinajstić information content (AvgIpc) is 3.14. The lowest BCUT2D eigenvalue weighted by Gasteiger charge is -2.22. The number of aromatic nitrogens is 1. The van der Waals surface area contributed by atoms with E-state index in [1.807, 2.05) is 6.07 Å². The molecule has 0 amide bonds. The van der Waals surface area contributed by atoms with E-state index in [0.29, 0.717) is 0 Å². The minimum Gasteiger partial charge on any atom is -0.308 e. The molecule has 0 aliphatic heterocycles. The molecule has 0 saturated heterocycles. The SMILES string of the molecule is CCCN(Cc1cccnc1NN)CC1CC1. The fraction of sp³-hybridized carbons (Fsp3) is 0.615. The number of nitrogen functional groups attached to an aromatic ring is 1. The number of nitrogens with zero attached hydrogens (tertiary/aromatic N) is 2. The molecule has 1 aliphatic rings. The molecule has 1 aliphatic carbocycles. The maximum absolute atomic E-state index is 5.48. The van der Waals surface area contributed by atoms with Gasteiger partial charge in [0.2, 0.25) is 0 Å². The number of nitrogens with one attached hydrogen (secondary N) is 1. The maximum Gasteiger partial charge on any atom is 0.144 e. The molecule has 4 heteroatoms. The Labute approximate surface area is 103 Å². The van der Waals surface area contributed by atoms with Crippen molar-refractivity contribution in [2.45, 2.75) is 32.7 Å². The number of nitrogens with two attached hydrogens (primary N) is 1. The van der Waals surface area contributed by atoms with Crippen LogP contribution in [0, 0.1) is 5.92 Å². The topological polar surface area (TPSA) is 54.2 Å². The molecule has 94 valence electrons. The van der Waals surface area contributed by atoms with Gasteiger partial charge in [0.25, 0.3) is 0 Å². The summed E-state index contributed by atoms with van der Waals surface area (Å²) in [6, 6.07) is 4.06. The molecule has 17 heavy (non-hydrogen) atoms. The molecule has 3 N–H and O–H groups in total. The molecule has 1 saturated carbocycles. The standard InChI is InChI=1S/C13H22N4/c1-2-8-17(9-11-5-6-11)10-12-4-3-7-15-13(12)16-14/h3-4,7,11H,2,5-6,8-10,14H2,1H3,(H,15,16). The Morgan fingerprint density at radius 2 is 2.35 bits per heavy atom. The number of hydrazine groups is 1. The molecule has 0 atom stereocenters. The second kappa shape index (κ2) is 5.98. The van der Waals surface area contributed by atoms with Gasteiger partial charge in [-0.25, -0.2) is 10.8 Å². The number of hydrogen-bond donors (Lipinski definition) is 2. The van der Waals surface area contributed by atoms with Crippen LogP contribution in [0.2, 0.25) is 0 Å². The van der Waals surface area contributed by atoms with Crippen LogP contribution in [-0.4, -0.2) is 23.0 Å². The predicted octanol–water partition coefficient (Wildman–Crippen LogP) is 1.99. The number of hydrogen-bond acceptors (Lipinski definition) is 4. The Bertz CT molecular complexity index is 349. The van der Waals surface area contributed by atoms with E-state index in [1.54, 1.807) is 6.20 Å². The van der Waals surface area contributed by atoms with E-state index in [2.05, 4.69) is 28.3 Å². The summed E-state index contributed by atoms with van der Waals surface area (Å²) in [5.74, 6) is 7.20. The van der Waals surface area contributed by atoms with Gasteiger partial charge in [0.15, 0.2) is 0 Å². The molecular weight excluding hydrogens is 212 g/mol. The first-order valence-electron chi connectivity index (χ1n) is 6.46. The number of pyridine rings is 1. The fourth-order valence-electron chi connectivity index (χ4n) is 2.15. The Morgan fingerprint density at radius 3 is 3.00 bits per heavy atom. The molecule has 2 rings (SSSR count). The van der Waals surface area contributed by atoms with E-state index in [4.69, 9.17) is 5.84 Å². The van der Waals surface area contributed by atoms with Gasteiger partial charge in [-0.15, -0.1) is 0 Å². The molecular formula is C13H22N4. The van der Waals surface area contributed by atoms with Crippen LogP contribution in [0.3, 0.4) is 0 Å². The zero-order chi connectivity index (χ0) is 12.1. The summed E-state index contributed by atoms with van der Waals surface area (Å²) in [5.41, 5.74) is 3.86. The maximum atomic E-state index is 5.48. The van der Waals surface area contributed by atoms with Crippen molar-refractivity contribution in [2.24, 2.45) is 11.8 Å². The Hall–Kier alpha value is -1.13. The summed E-state index contributed by atoms with van der Waals surface area (Å²) in [6.07, 6.45) is 5.76. The van der Waals surface area contributed by atoms with E-state index < -0.39 is 0 Å². The van der Waals surface area contributed by atoms with Crippen LogP contribution >= 0.6 is 0 Å². The predicted molar refractivity (Wildman–Crippen MR) is 70.3 cm³/mol. The first-order valence-corrected chi connectivity index (χ1v) is 6.46. The first kappa shape index (κ1) is 12.3. The van der Waals surface area contributed by atoms with Crippen LogP contribution in [0.25, 0.3) is 0 Å². The Morgan fingerprint density at radius 1 is 1.53 bits per heavy atom. The Balaban J connectivity index is 1.99. The highest BCUT2D eigenvalue weighted by Gasteiger charge is 2.24. The lowest BCUT2D eigenvalue weighted by Crippen LogP contribution is -2.27. The van der Waals surface area contributed by atoms with Gasteiger partial charge in [-0.05, 0) is 37.8 Å². The summed E-state index contributed by atoms with van der Waals surface area (Å²) in [7, 11) is 0. The van der Waals surface area contributed by atoms with E-state index >= 15 is 0 Å². The lowest BCUT2D eigenvalue weighted by atomic mass is 10.2. The molecule has 0 bridgehead atoms. The third-order valence-electron chi connectivity index (χ3n) is 3.18. The van der Waals surface area contributed by atoms with Crippen LogP contribution in [0.1, 0.15) is 31.7 Å². The van der Waals surface area contributed by atoms with Gasteiger partial charge in [-0.3, -0.25) is 4.90 Å². The van der Waals surface area contributed by atoms with Gasteiger partial charge >= 0.3 is 0 Å². The highest BCUT2D eigenvalue weighted by Crippen LogP contribution is 2.30. The van der Waals surface area contributed by atoms with Gasteiger partial charge < -0.3 is 5.43 Å². The highest BCUT2D eigenvalue weighted by molar-refractivity contribution is 5.42. The third kappa shape index (κ3) is 3.68. The first-order chi connectivity index (χ1) is 8.33. The van der Waals surface area contributed by atoms with Crippen LogP contribution in [0.4, 0.5) is 5.82 Å². The molecule has 4 nitrogen and oxygen atoms in total. The molecule has 1 aromatic rings. The summed E-state index contributed by atoms with van der Waals surface area (Å²) < 4.78 is 0. The minimum atomic E-state index is 0.796. The van der Waals surface area contributed by atoms with Gasteiger partial charge in [0, 0.05) is 24.8 Å². The minimum absolute atomic E-state index is 0.796. The van der Waals surface area contributed by atoms with Gasteiger partial charge in [0.1, 0.15) is 5.82 Å². The lowest BCUT2D eigenvalue weighted by molar-refractivity contribution is 0.255. The highest BCUT2D eigenvalue weighted by atomic mass is 15.3. The molecule has 0 unspecified atom stereocenters. The van der Waals surface area contributed by atoms with Crippen molar-refractivity contribution in [1.29, 1.82) is 0 Å². The van der Waals surface area contributed by atoms with Crippen molar-refractivity contribution in [3.63, 3.8) is 0 Å². The largest absolute Gasteiger partial charge is 0.308 e. The molecule has 1 fully saturated rings. The van der Waals surface area contributed by atoms with Gasteiger partial charge in [-0.1, -0.05) is 13.0 Å². The smallest absolute Gasteiger partial charge is 0.144 e. The number of anilines is 1. The van der Waals surface area contributed by atoms with Crippen molar-refractivity contribution in [3.8, 4) is 0 Å². The van der Waals surface area contributed by atoms with Crippen molar-refractivity contribution in [2.75, 3.05) is 18.5 Å². The zero-order valence-corrected chi connectivity index (χ0v) is 10.5. The van der Waals surface area contributed by atoms with Crippen LogP contribution in [-0.2, 0) is 6.54 Å². The van der Waals surface area contributed by atoms with Crippen molar-refractivity contribution < 1.29 is 0 Å². The quantitative estimate of drug-likeness (QED) is 0.559. The summed E-state index contributed by atoms with van der Waals surface area (Å²) in [4.78, 5) is 6.75. The molecule has 0 spiro atoms. The monoisotopic (exact) mass is 234 g/mol. The van der Waals surface area contributed by atoms with Crippen LogP contribution in [0.15, 0.2) is 18.3 Å². The van der Waals surface area contributed by atoms with E-state index in [1.165, 1.54) is 31.4 Å². The van der Waals surface area contributed by atoms with Gasteiger partial charge in [-0.2, -0.15) is 0 Å². The van der Waals surface area contributed by atoms with Crippen molar-refractivity contribution >= 4 is 5.82 Å². The van der Waals surface area contributed by atoms with E-state index in [-0.39, 0.29) is 0 Å². The zero-order valence-electron chi connectivity index (χ0n) is 10.5.